The van der Waals surface area contributed by atoms with E-state index >= 15 is 0 Å². The fourth-order valence-corrected chi connectivity index (χ4v) is 4.59. The molecule has 0 aliphatic carbocycles. The molecule has 0 unspecified atom stereocenters. The topological polar surface area (TPSA) is 61.9 Å². The molecule has 3 rings (SSSR count). The molecule has 2 aliphatic rings. The second-order valence-electron chi connectivity index (χ2n) is 5.26. The van der Waals surface area contributed by atoms with Crippen molar-refractivity contribution in [2.45, 2.75) is 6.04 Å². The van der Waals surface area contributed by atoms with Crippen LogP contribution in [0.1, 0.15) is 11.6 Å². The lowest BCUT2D eigenvalue weighted by Crippen LogP contribution is -2.55. The van der Waals surface area contributed by atoms with Crippen LogP contribution >= 0.6 is 0 Å². The van der Waals surface area contributed by atoms with E-state index in [1.165, 1.54) is 4.31 Å². The minimum atomic E-state index is -3.44. The van der Waals surface area contributed by atoms with E-state index in [-0.39, 0.29) is 6.04 Å². The first kappa shape index (κ1) is 14.9. The van der Waals surface area contributed by atoms with Crippen LogP contribution in [-0.4, -0.2) is 63.0 Å². The van der Waals surface area contributed by atoms with E-state index < -0.39 is 10.2 Å². The molecule has 21 heavy (non-hydrogen) atoms. The SMILES string of the molecule is O=S(=O)(N1CCOCC1)N1CCNC[C@@H]1c1ccccc1. The number of ether oxygens (including phenoxy) is 1. The lowest BCUT2D eigenvalue weighted by Gasteiger charge is -2.39. The molecule has 1 aromatic carbocycles. The molecule has 2 fully saturated rings. The summed E-state index contributed by atoms with van der Waals surface area (Å²) >= 11 is 0. The highest BCUT2D eigenvalue weighted by Crippen LogP contribution is 2.27. The Kier molecular flexibility index (Phi) is 4.56. The minimum absolute atomic E-state index is 0.146. The zero-order valence-electron chi connectivity index (χ0n) is 11.9. The average Bonchev–Trinajstić information content (AvgIpc) is 2.56. The molecule has 0 spiro atoms. The van der Waals surface area contributed by atoms with Crippen molar-refractivity contribution in [3.05, 3.63) is 35.9 Å². The Morgan fingerprint density at radius 3 is 2.52 bits per heavy atom. The Bertz CT molecular complexity index is 558. The summed E-state index contributed by atoms with van der Waals surface area (Å²) in [6.45, 7) is 3.66. The molecule has 7 heteroatoms. The van der Waals surface area contributed by atoms with E-state index in [4.69, 9.17) is 4.74 Å². The quantitative estimate of drug-likeness (QED) is 0.867. The van der Waals surface area contributed by atoms with Gasteiger partial charge in [0.2, 0.25) is 0 Å². The minimum Gasteiger partial charge on any atom is -0.379 e. The number of rotatable bonds is 3. The van der Waals surface area contributed by atoms with E-state index in [0.717, 1.165) is 5.56 Å². The van der Waals surface area contributed by atoms with Crippen molar-refractivity contribution in [2.75, 3.05) is 45.9 Å². The van der Waals surface area contributed by atoms with Gasteiger partial charge in [0.15, 0.2) is 0 Å². The number of morpholine rings is 1. The summed E-state index contributed by atoms with van der Waals surface area (Å²) in [5.41, 5.74) is 1.03. The van der Waals surface area contributed by atoms with Gasteiger partial charge in [-0.05, 0) is 5.56 Å². The Hall–Kier alpha value is -0.990. The predicted molar refractivity (Wildman–Crippen MR) is 80.1 cm³/mol. The monoisotopic (exact) mass is 311 g/mol. The van der Waals surface area contributed by atoms with Gasteiger partial charge in [-0.3, -0.25) is 0 Å². The molecule has 116 valence electrons. The average molecular weight is 311 g/mol. The van der Waals surface area contributed by atoms with Crippen molar-refractivity contribution < 1.29 is 13.2 Å². The summed E-state index contributed by atoms with van der Waals surface area (Å²) in [7, 11) is -3.44. The molecule has 0 amide bonds. The number of piperazine rings is 1. The normalized spacial score (nSPS) is 25.8. The van der Waals surface area contributed by atoms with Crippen LogP contribution in [0.2, 0.25) is 0 Å². The lowest BCUT2D eigenvalue weighted by molar-refractivity contribution is 0.0685. The summed E-state index contributed by atoms with van der Waals surface area (Å²) in [4.78, 5) is 0. The highest BCUT2D eigenvalue weighted by Gasteiger charge is 2.37. The molecule has 6 nitrogen and oxygen atoms in total. The lowest BCUT2D eigenvalue weighted by atomic mass is 10.1. The van der Waals surface area contributed by atoms with Crippen LogP contribution in [0.4, 0.5) is 0 Å². The van der Waals surface area contributed by atoms with Crippen molar-refractivity contribution in [3.8, 4) is 0 Å². The number of nitrogens with zero attached hydrogens (tertiary/aromatic N) is 2. The number of benzene rings is 1. The first-order chi connectivity index (χ1) is 10.2. The molecule has 1 atom stereocenters. The third-order valence-corrected chi connectivity index (χ3v) is 6.02. The maximum atomic E-state index is 12.9. The number of hydrogen-bond acceptors (Lipinski definition) is 4. The molecule has 0 radical (unpaired) electrons. The second-order valence-corrected chi connectivity index (χ2v) is 7.14. The van der Waals surface area contributed by atoms with E-state index in [9.17, 15) is 8.42 Å². The van der Waals surface area contributed by atoms with Crippen LogP contribution in [0.15, 0.2) is 30.3 Å². The predicted octanol–water partition coefficient (Wildman–Crippen LogP) is 0.210. The van der Waals surface area contributed by atoms with Crippen molar-refractivity contribution in [2.24, 2.45) is 0 Å². The van der Waals surface area contributed by atoms with Crippen molar-refractivity contribution >= 4 is 10.2 Å². The summed E-state index contributed by atoms with van der Waals surface area (Å²) < 4.78 is 34.2. The standard InChI is InChI=1S/C14H21N3O3S/c18-21(19,16-8-10-20-11-9-16)17-7-6-15-12-14(17)13-4-2-1-3-5-13/h1-5,14-15H,6-12H2/t14-/m1/s1. The van der Waals surface area contributed by atoms with Gasteiger partial charge in [0.25, 0.3) is 10.2 Å². The van der Waals surface area contributed by atoms with E-state index in [0.29, 0.717) is 45.9 Å². The highest BCUT2D eigenvalue weighted by atomic mass is 32.2. The number of nitrogens with one attached hydrogen (secondary N) is 1. The molecular weight excluding hydrogens is 290 g/mol. The van der Waals surface area contributed by atoms with Gasteiger partial charge < -0.3 is 10.1 Å². The zero-order chi connectivity index (χ0) is 14.7. The van der Waals surface area contributed by atoms with Crippen LogP contribution in [0.3, 0.4) is 0 Å². The van der Waals surface area contributed by atoms with Crippen LogP contribution < -0.4 is 5.32 Å². The third-order valence-electron chi connectivity index (χ3n) is 3.97. The maximum Gasteiger partial charge on any atom is 0.282 e. The Morgan fingerprint density at radius 2 is 1.81 bits per heavy atom. The first-order valence-electron chi connectivity index (χ1n) is 7.30. The second kappa shape index (κ2) is 6.41. The molecule has 1 aromatic rings. The van der Waals surface area contributed by atoms with Crippen LogP contribution in [-0.2, 0) is 14.9 Å². The van der Waals surface area contributed by atoms with Crippen LogP contribution in [0.25, 0.3) is 0 Å². The van der Waals surface area contributed by atoms with Crippen molar-refractivity contribution in [1.82, 2.24) is 13.9 Å². The smallest absolute Gasteiger partial charge is 0.282 e. The Balaban J connectivity index is 1.86. The largest absolute Gasteiger partial charge is 0.379 e. The van der Waals surface area contributed by atoms with Crippen LogP contribution in [0, 0.1) is 0 Å². The maximum absolute atomic E-state index is 12.9. The molecule has 2 aliphatic heterocycles. The van der Waals surface area contributed by atoms with Gasteiger partial charge >= 0.3 is 0 Å². The summed E-state index contributed by atoms with van der Waals surface area (Å²) in [6.07, 6.45) is 0. The van der Waals surface area contributed by atoms with Gasteiger partial charge in [-0.1, -0.05) is 30.3 Å². The first-order valence-corrected chi connectivity index (χ1v) is 8.69. The zero-order valence-corrected chi connectivity index (χ0v) is 12.8. The fourth-order valence-electron chi connectivity index (χ4n) is 2.85. The van der Waals surface area contributed by atoms with Gasteiger partial charge in [-0.15, -0.1) is 0 Å². The Morgan fingerprint density at radius 1 is 1.10 bits per heavy atom. The molecule has 0 aromatic heterocycles. The van der Waals surface area contributed by atoms with E-state index in [1.54, 1.807) is 4.31 Å². The Labute approximate surface area is 125 Å². The molecule has 0 saturated carbocycles. The molecular formula is C14H21N3O3S. The van der Waals surface area contributed by atoms with Crippen molar-refractivity contribution in [3.63, 3.8) is 0 Å². The third kappa shape index (κ3) is 3.12. The van der Waals surface area contributed by atoms with Gasteiger partial charge in [0.05, 0.1) is 19.3 Å². The van der Waals surface area contributed by atoms with Crippen LogP contribution in [0.5, 0.6) is 0 Å². The van der Waals surface area contributed by atoms with Gasteiger partial charge in [-0.25, -0.2) is 0 Å². The van der Waals surface area contributed by atoms with E-state index in [2.05, 4.69) is 5.32 Å². The number of hydrogen-bond donors (Lipinski definition) is 1. The van der Waals surface area contributed by atoms with E-state index in [1.807, 2.05) is 30.3 Å². The molecule has 2 saturated heterocycles. The molecule has 1 N–H and O–H groups in total. The molecule has 0 bridgehead atoms. The van der Waals surface area contributed by atoms with Gasteiger partial charge in [0.1, 0.15) is 0 Å². The highest BCUT2D eigenvalue weighted by molar-refractivity contribution is 7.86. The summed E-state index contributed by atoms with van der Waals surface area (Å²) in [5, 5.41) is 3.29. The van der Waals surface area contributed by atoms with Crippen molar-refractivity contribution in [1.29, 1.82) is 0 Å². The fraction of sp³-hybridized carbons (Fsp3) is 0.571. The summed E-state index contributed by atoms with van der Waals surface area (Å²) in [6, 6.07) is 9.67. The van der Waals surface area contributed by atoms with Gasteiger partial charge in [0, 0.05) is 32.7 Å². The van der Waals surface area contributed by atoms with Gasteiger partial charge in [-0.2, -0.15) is 17.0 Å². The summed E-state index contributed by atoms with van der Waals surface area (Å²) in [5.74, 6) is 0. The molecule has 2 heterocycles.